The van der Waals surface area contributed by atoms with Crippen molar-refractivity contribution in [3.05, 3.63) is 73.1 Å². The Morgan fingerprint density at radius 1 is 0.793 bits per heavy atom. The largest absolute Gasteiger partial charge is 0.460 e. The molecule has 0 amide bonds. The van der Waals surface area contributed by atoms with Gasteiger partial charge in [-0.15, -0.1) is 0 Å². The summed E-state index contributed by atoms with van der Waals surface area (Å²) in [5.74, 6) is 0. The number of hydrogen-bond donors (Lipinski definition) is 1. The molecule has 7 heteroatoms. The van der Waals surface area contributed by atoms with Gasteiger partial charge in [-0.25, -0.2) is 23.1 Å². The number of aromatic nitrogens is 2. The van der Waals surface area contributed by atoms with E-state index in [1.807, 2.05) is 42.5 Å². The van der Waals surface area contributed by atoms with Gasteiger partial charge in [0.2, 0.25) is 10.0 Å². The molecule has 150 valence electrons. The van der Waals surface area contributed by atoms with E-state index in [1.54, 1.807) is 30.6 Å². The molecule has 1 aromatic heterocycles. The van der Waals surface area contributed by atoms with Crippen molar-refractivity contribution in [2.45, 2.75) is 42.7 Å². The van der Waals surface area contributed by atoms with E-state index in [4.69, 9.17) is 4.74 Å². The monoisotopic (exact) mass is 409 g/mol. The van der Waals surface area contributed by atoms with Crippen LogP contribution in [0.25, 0.3) is 11.1 Å². The van der Waals surface area contributed by atoms with E-state index in [2.05, 4.69) is 14.7 Å². The first-order chi connectivity index (χ1) is 14.1. The molecule has 0 saturated heterocycles. The minimum atomic E-state index is -3.55. The Balaban J connectivity index is 1.34. The summed E-state index contributed by atoms with van der Waals surface area (Å²) in [5.41, 5.74) is 2.05. The van der Waals surface area contributed by atoms with Gasteiger partial charge in [0.1, 0.15) is 6.10 Å². The van der Waals surface area contributed by atoms with Crippen LogP contribution in [0.2, 0.25) is 0 Å². The normalized spacial score (nSPS) is 19.6. The van der Waals surface area contributed by atoms with E-state index < -0.39 is 10.0 Å². The molecular formula is C22H23N3O3S. The molecule has 0 radical (unpaired) electrons. The smallest absolute Gasteiger partial charge is 0.316 e. The average molecular weight is 410 g/mol. The summed E-state index contributed by atoms with van der Waals surface area (Å²) in [6.07, 6.45) is 6.27. The fraction of sp³-hybridized carbons (Fsp3) is 0.273. The molecule has 0 spiro atoms. The van der Waals surface area contributed by atoms with Crippen LogP contribution in [0.1, 0.15) is 25.7 Å². The quantitative estimate of drug-likeness (QED) is 0.669. The number of hydrogen-bond acceptors (Lipinski definition) is 5. The third-order valence-electron chi connectivity index (χ3n) is 5.08. The lowest BCUT2D eigenvalue weighted by Gasteiger charge is -2.28. The van der Waals surface area contributed by atoms with E-state index in [0.29, 0.717) is 6.01 Å². The number of benzene rings is 2. The van der Waals surface area contributed by atoms with E-state index in [9.17, 15) is 8.42 Å². The van der Waals surface area contributed by atoms with Crippen molar-refractivity contribution in [2.75, 3.05) is 0 Å². The van der Waals surface area contributed by atoms with E-state index in [-0.39, 0.29) is 17.0 Å². The van der Waals surface area contributed by atoms with Gasteiger partial charge in [-0.2, -0.15) is 0 Å². The summed E-state index contributed by atoms with van der Waals surface area (Å²) in [6.45, 7) is 0. The lowest BCUT2D eigenvalue weighted by Crippen LogP contribution is -2.39. The van der Waals surface area contributed by atoms with Gasteiger partial charge in [-0.1, -0.05) is 42.5 Å². The molecule has 0 unspecified atom stereocenters. The van der Waals surface area contributed by atoms with Crippen LogP contribution >= 0.6 is 0 Å². The number of nitrogens with zero attached hydrogens (tertiary/aromatic N) is 2. The molecule has 4 rings (SSSR count). The third-order valence-corrected chi connectivity index (χ3v) is 6.62. The molecule has 0 aliphatic heterocycles. The van der Waals surface area contributed by atoms with Crippen LogP contribution in [-0.4, -0.2) is 30.5 Å². The van der Waals surface area contributed by atoms with Crippen LogP contribution in [-0.2, 0) is 10.0 Å². The highest BCUT2D eigenvalue weighted by atomic mass is 32.2. The second-order valence-electron chi connectivity index (χ2n) is 7.13. The zero-order chi connectivity index (χ0) is 20.1. The molecule has 1 N–H and O–H groups in total. The maximum absolute atomic E-state index is 12.8. The van der Waals surface area contributed by atoms with Gasteiger partial charge in [0.05, 0.1) is 4.90 Å². The molecular weight excluding hydrogens is 386 g/mol. The number of rotatable bonds is 6. The standard InChI is InChI=1S/C22H23N3O3S/c26-29(27,21-13-7-18(8-14-21)17-5-2-1-3-6-17)25-19-9-11-20(12-10-19)28-22-23-15-4-16-24-22/h1-8,13-16,19-20,25H,9-12H2. The first-order valence-corrected chi connectivity index (χ1v) is 11.2. The van der Waals surface area contributed by atoms with Gasteiger partial charge in [0.15, 0.2) is 0 Å². The first kappa shape index (κ1) is 19.5. The highest BCUT2D eigenvalue weighted by Gasteiger charge is 2.27. The van der Waals surface area contributed by atoms with Crippen LogP contribution in [0, 0.1) is 0 Å². The topological polar surface area (TPSA) is 81.2 Å². The Labute approximate surface area is 171 Å². The van der Waals surface area contributed by atoms with Gasteiger partial charge in [-0.05, 0) is 55.0 Å². The van der Waals surface area contributed by atoms with E-state index in [0.717, 1.165) is 36.8 Å². The number of ether oxygens (including phenoxy) is 1. The van der Waals surface area contributed by atoms with Crippen LogP contribution in [0.3, 0.4) is 0 Å². The maximum atomic E-state index is 12.8. The van der Waals surface area contributed by atoms with Gasteiger partial charge in [-0.3, -0.25) is 0 Å². The molecule has 1 saturated carbocycles. The lowest BCUT2D eigenvalue weighted by atomic mass is 9.94. The number of nitrogens with one attached hydrogen (secondary N) is 1. The summed E-state index contributed by atoms with van der Waals surface area (Å²) >= 11 is 0. The SMILES string of the molecule is O=S(=O)(NC1CCC(Oc2ncccn2)CC1)c1ccc(-c2ccccc2)cc1. The Hall–Kier alpha value is -2.77. The van der Waals surface area contributed by atoms with Crippen LogP contribution < -0.4 is 9.46 Å². The number of sulfonamides is 1. The van der Waals surface area contributed by atoms with Crippen molar-refractivity contribution >= 4 is 10.0 Å². The molecule has 1 heterocycles. The Bertz CT molecular complexity index is 1020. The molecule has 2 aromatic carbocycles. The zero-order valence-corrected chi connectivity index (χ0v) is 16.8. The van der Waals surface area contributed by atoms with Crippen LogP contribution in [0.4, 0.5) is 0 Å². The summed E-state index contributed by atoms with van der Waals surface area (Å²) in [6, 6.07) is 18.9. The Morgan fingerprint density at radius 2 is 1.41 bits per heavy atom. The molecule has 6 nitrogen and oxygen atoms in total. The van der Waals surface area contributed by atoms with Crippen molar-refractivity contribution in [3.63, 3.8) is 0 Å². The summed E-state index contributed by atoms with van der Waals surface area (Å²) in [5, 5.41) is 0. The van der Waals surface area contributed by atoms with Crippen LogP contribution in [0.15, 0.2) is 78.0 Å². The zero-order valence-electron chi connectivity index (χ0n) is 15.9. The summed E-state index contributed by atoms with van der Waals surface area (Å²) < 4.78 is 34.1. The first-order valence-electron chi connectivity index (χ1n) is 9.72. The second-order valence-corrected chi connectivity index (χ2v) is 8.85. The summed E-state index contributed by atoms with van der Waals surface area (Å²) in [4.78, 5) is 8.44. The Kier molecular flexibility index (Phi) is 5.87. The maximum Gasteiger partial charge on any atom is 0.316 e. The second kappa shape index (κ2) is 8.71. The van der Waals surface area contributed by atoms with Crippen molar-refractivity contribution < 1.29 is 13.2 Å². The van der Waals surface area contributed by atoms with Crippen molar-refractivity contribution in [3.8, 4) is 17.1 Å². The highest BCUT2D eigenvalue weighted by Crippen LogP contribution is 2.25. The van der Waals surface area contributed by atoms with Crippen molar-refractivity contribution in [1.29, 1.82) is 0 Å². The average Bonchev–Trinajstić information content (AvgIpc) is 2.76. The fourth-order valence-corrected chi connectivity index (χ4v) is 4.84. The van der Waals surface area contributed by atoms with Crippen LogP contribution in [0.5, 0.6) is 6.01 Å². The molecule has 3 aromatic rings. The molecule has 29 heavy (non-hydrogen) atoms. The van der Waals surface area contributed by atoms with Gasteiger partial charge in [0, 0.05) is 18.4 Å². The van der Waals surface area contributed by atoms with Gasteiger partial charge in [0.25, 0.3) is 0 Å². The molecule has 0 atom stereocenters. The van der Waals surface area contributed by atoms with Gasteiger partial charge >= 0.3 is 6.01 Å². The highest BCUT2D eigenvalue weighted by molar-refractivity contribution is 7.89. The molecule has 1 fully saturated rings. The summed E-state index contributed by atoms with van der Waals surface area (Å²) in [7, 11) is -3.55. The minimum absolute atomic E-state index is 0.0170. The fourth-order valence-electron chi connectivity index (χ4n) is 3.54. The predicted molar refractivity (Wildman–Crippen MR) is 111 cm³/mol. The van der Waals surface area contributed by atoms with Gasteiger partial charge < -0.3 is 4.74 Å². The third kappa shape index (κ3) is 4.99. The predicted octanol–water partition coefficient (Wildman–Crippen LogP) is 3.81. The Morgan fingerprint density at radius 3 is 2.07 bits per heavy atom. The molecule has 1 aliphatic rings. The van der Waals surface area contributed by atoms with Crippen molar-refractivity contribution in [2.24, 2.45) is 0 Å². The minimum Gasteiger partial charge on any atom is -0.460 e. The van der Waals surface area contributed by atoms with E-state index in [1.165, 1.54) is 0 Å². The molecule has 0 bridgehead atoms. The van der Waals surface area contributed by atoms with E-state index >= 15 is 0 Å². The molecule has 1 aliphatic carbocycles. The lowest BCUT2D eigenvalue weighted by molar-refractivity contribution is 0.132. The van der Waals surface area contributed by atoms with Crippen molar-refractivity contribution in [1.82, 2.24) is 14.7 Å².